The molecule has 0 aliphatic carbocycles. The van der Waals surface area contributed by atoms with Gasteiger partial charge < -0.3 is 10.8 Å². The summed E-state index contributed by atoms with van der Waals surface area (Å²) in [6, 6.07) is -0.0123. The van der Waals surface area contributed by atoms with Gasteiger partial charge in [-0.1, -0.05) is 18.7 Å². The van der Waals surface area contributed by atoms with Crippen molar-refractivity contribution in [2.45, 2.75) is 29.8 Å². The average molecular weight is 216 g/mol. The van der Waals surface area contributed by atoms with Crippen LogP contribution in [-0.2, 0) is 7.05 Å². The molecule has 14 heavy (non-hydrogen) atoms. The van der Waals surface area contributed by atoms with Crippen molar-refractivity contribution in [2.24, 2.45) is 12.8 Å². The normalized spacial score (nSPS) is 15.4. The van der Waals surface area contributed by atoms with Gasteiger partial charge in [-0.05, 0) is 6.42 Å². The Morgan fingerprint density at radius 3 is 2.86 bits per heavy atom. The highest BCUT2D eigenvalue weighted by Gasteiger charge is 2.18. The van der Waals surface area contributed by atoms with E-state index in [0.29, 0.717) is 0 Å². The number of thioether (sulfide) groups is 1. The van der Waals surface area contributed by atoms with Crippen LogP contribution in [0.15, 0.2) is 11.5 Å². The van der Waals surface area contributed by atoms with Crippen LogP contribution in [0.4, 0.5) is 0 Å². The van der Waals surface area contributed by atoms with Gasteiger partial charge in [0.15, 0.2) is 5.16 Å². The summed E-state index contributed by atoms with van der Waals surface area (Å²) in [6.45, 7) is 2.07. The molecular weight excluding hydrogens is 200 g/mol. The lowest BCUT2D eigenvalue weighted by atomic mass is 10.2. The predicted molar refractivity (Wildman–Crippen MR) is 56.0 cm³/mol. The Balaban J connectivity index is 2.61. The number of nitrogens with zero attached hydrogens (tertiary/aromatic N) is 3. The predicted octanol–water partition coefficient (Wildman–Crippen LogP) is 0.00540. The highest BCUT2D eigenvalue weighted by molar-refractivity contribution is 7.99. The van der Waals surface area contributed by atoms with Crippen molar-refractivity contribution in [1.29, 1.82) is 0 Å². The van der Waals surface area contributed by atoms with Crippen LogP contribution in [-0.4, -0.2) is 37.8 Å². The molecule has 2 atom stereocenters. The molecule has 3 N–H and O–H groups in total. The van der Waals surface area contributed by atoms with E-state index in [1.54, 1.807) is 4.68 Å². The fraction of sp³-hybridized carbons (Fsp3) is 0.750. The van der Waals surface area contributed by atoms with E-state index in [4.69, 9.17) is 10.8 Å². The zero-order valence-corrected chi connectivity index (χ0v) is 9.24. The molecule has 5 nitrogen and oxygen atoms in total. The summed E-state index contributed by atoms with van der Waals surface area (Å²) >= 11 is 1.47. The first-order chi connectivity index (χ1) is 6.69. The number of aryl methyl sites for hydroxylation is 1. The first kappa shape index (κ1) is 11.5. The van der Waals surface area contributed by atoms with E-state index < -0.39 is 0 Å². The van der Waals surface area contributed by atoms with Gasteiger partial charge in [-0.3, -0.25) is 0 Å². The molecule has 2 unspecified atom stereocenters. The maximum Gasteiger partial charge on any atom is 0.186 e. The van der Waals surface area contributed by atoms with Crippen molar-refractivity contribution < 1.29 is 5.11 Å². The quantitative estimate of drug-likeness (QED) is 0.678. The molecule has 1 rings (SSSR count). The van der Waals surface area contributed by atoms with E-state index in [0.717, 1.165) is 11.6 Å². The molecule has 0 aliphatic heterocycles. The van der Waals surface area contributed by atoms with Crippen molar-refractivity contribution in [3.8, 4) is 0 Å². The van der Waals surface area contributed by atoms with Gasteiger partial charge in [-0.15, -0.1) is 0 Å². The molecule has 0 bridgehead atoms. The molecular formula is C8H16N4OS. The largest absolute Gasteiger partial charge is 0.395 e. The van der Waals surface area contributed by atoms with Gasteiger partial charge in [0.25, 0.3) is 0 Å². The van der Waals surface area contributed by atoms with Gasteiger partial charge in [-0.25, -0.2) is 9.67 Å². The number of hydrogen-bond donors (Lipinski definition) is 2. The van der Waals surface area contributed by atoms with Gasteiger partial charge >= 0.3 is 0 Å². The fourth-order valence-corrected chi connectivity index (χ4v) is 2.07. The van der Waals surface area contributed by atoms with Crippen molar-refractivity contribution in [3.63, 3.8) is 0 Å². The van der Waals surface area contributed by atoms with E-state index >= 15 is 0 Å². The minimum Gasteiger partial charge on any atom is -0.395 e. The Hall–Kier alpha value is -0.590. The van der Waals surface area contributed by atoms with Crippen LogP contribution >= 0.6 is 11.8 Å². The zero-order chi connectivity index (χ0) is 10.6. The van der Waals surface area contributed by atoms with Crippen LogP contribution in [0.3, 0.4) is 0 Å². The van der Waals surface area contributed by atoms with Crippen molar-refractivity contribution >= 4 is 11.8 Å². The molecule has 0 saturated heterocycles. The third-order valence-electron chi connectivity index (χ3n) is 2.06. The van der Waals surface area contributed by atoms with Crippen LogP contribution in [0.25, 0.3) is 0 Å². The molecule has 6 heteroatoms. The molecule has 80 valence electrons. The first-order valence-corrected chi connectivity index (χ1v) is 5.44. The molecule has 0 amide bonds. The number of hydrogen-bond acceptors (Lipinski definition) is 5. The zero-order valence-electron chi connectivity index (χ0n) is 8.42. The number of aliphatic hydroxyl groups excluding tert-OH is 1. The summed E-state index contributed by atoms with van der Waals surface area (Å²) in [5.41, 5.74) is 5.86. The van der Waals surface area contributed by atoms with Crippen molar-refractivity contribution in [3.05, 3.63) is 6.33 Å². The lowest BCUT2D eigenvalue weighted by Gasteiger charge is -2.18. The summed E-state index contributed by atoms with van der Waals surface area (Å²) in [6.07, 6.45) is 2.34. The Bertz CT molecular complexity index is 278. The molecule has 1 heterocycles. The van der Waals surface area contributed by atoms with E-state index in [1.165, 1.54) is 18.1 Å². The van der Waals surface area contributed by atoms with Gasteiger partial charge in [0.1, 0.15) is 6.33 Å². The third kappa shape index (κ3) is 2.70. The lowest BCUT2D eigenvalue weighted by Crippen LogP contribution is -2.34. The highest BCUT2D eigenvalue weighted by Crippen LogP contribution is 2.22. The Morgan fingerprint density at radius 1 is 1.71 bits per heavy atom. The summed E-state index contributed by atoms with van der Waals surface area (Å²) in [7, 11) is 1.82. The maximum atomic E-state index is 9.16. The van der Waals surface area contributed by atoms with Crippen LogP contribution in [0, 0.1) is 0 Å². The fourth-order valence-electron chi connectivity index (χ4n) is 1.05. The third-order valence-corrected chi connectivity index (χ3v) is 3.44. The van der Waals surface area contributed by atoms with Gasteiger partial charge in [0.2, 0.25) is 0 Å². The monoisotopic (exact) mass is 216 g/mol. The van der Waals surface area contributed by atoms with E-state index in [-0.39, 0.29) is 17.9 Å². The standard InChI is InChI=1S/C8H16N4OS/c1-3-6(9)7(4-13)14-8-10-5-11-12(8)2/h5-7,13H,3-4,9H2,1-2H3. The minimum atomic E-state index is -0.0123. The van der Waals surface area contributed by atoms with E-state index in [1.807, 2.05) is 14.0 Å². The molecule has 0 saturated carbocycles. The Kier molecular flexibility index (Phi) is 4.37. The van der Waals surface area contributed by atoms with Gasteiger partial charge in [0.05, 0.1) is 11.9 Å². The van der Waals surface area contributed by atoms with Crippen molar-refractivity contribution in [2.75, 3.05) is 6.61 Å². The second-order valence-corrected chi connectivity index (χ2v) is 4.28. The van der Waals surface area contributed by atoms with Crippen LogP contribution in [0.5, 0.6) is 0 Å². The van der Waals surface area contributed by atoms with Crippen LogP contribution in [0.1, 0.15) is 13.3 Å². The smallest absolute Gasteiger partial charge is 0.186 e. The second-order valence-electron chi connectivity index (χ2n) is 3.08. The van der Waals surface area contributed by atoms with E-state index in [2.05, 4.69) is 10.1 Å². The van der Waals surface area contributed by atoms with E-state index in [9.17, 15) is 0 Å². The Labute approximate surface area is 87.7 Å². The maximum absolute atomic E-state index is 9.16. The topological polar surface area (TPSA) is 77.0 Å². The number of nitrogens with two attached hydrogens (primary N) is 1. The number of aliphatic hydroxyl groups is 1. The SMILES string of the molecule is CCC(N)C(CO)Sc1ncnn1C. The summed E-state index contributed by atoms with van der Waals surface area (Å²) in [5.74, 6) is 0. The molecule has 1 aromatic rings. The Morgan fingerprint density at radius 2 is 2.43 bits per heavy atom. The average Bonchev–Trinajstić information content (AvgIpc) is 2.59. The number of rotatable bonds is 5. The highest BCUT2D eigenvalue weighted by atomic mass is 32.2. The molecule has 0 aliphatic rings. The van der Waals surface area contributed by atoms with Crippen molar-refractivity contribution in [1.82, 2.24) is 14.8 Å². The molecule has 1 aromatic heterocycles. The van der Waals surface area contributed by atoms with Gasteiger partial charge in [0, 0.05) is 13.1 Å². The summed E-state index contributed by atoms with van der Waals surface area (Å²) < 4.78 is 1.68. The molecule has 0 aromatic carbocycles. The first-order valence-electron chi connectivity index (χ1n) is 4.56. The molecule has 0 radical (unpaired) electrons. The summed E-state index contributed by atoms with van der Waals surface area (Å²) in [5, 5.41) is 13.9. The lowest BCUT2D eigenvalue weighted by molar-refractivity contribution is 0.281. The number of aromatic nitrogens is 3. The minimum absolute atomic E-state index is 0.0112. The molecule has 0 spiro atoms. The summed E-state index contributed by atoms with van der Waals surface area (Å²) in [4.78, 5) is 4.07. The second kappa shape index (κ2) is 5.33. The molecule has 0 fully saturated rings. The van der Waals surface area contributed by atoms with Gasteiger partial charge in [-0.2, -0.15) is 5.10 Å². The van der Waals surface area contributed by atoms with Crippen LogP contribution < -0.4 is 5.73 Å². The van der Waals surface area contributed by atoms with Crippen LogP contribution in [0.2, 0.25) is 0 Å².